The maximum absolute atomic E-state index is 5.71. The lowest BCUT2D eigenvalue weighted by atomic mass is 10.0. The molecule has 2 heterocycles. The van der Waals surface area contributed by atoms with Crippen LogP contribution in [-0.4, -0.2) is 49.5 Å². The van der Waals surface area contributed by atoms with E-state index in [-0.39, 0.29) is 5.60 Å². The number of morpholine rings is 2. The van der Waals surface area contributed by atoms with Crippen molar-refractivity contribution in [2.45, 2.75) is 25.5 Å². The van der Waals surface area contributed by atoms with Crippen LogP contribution in [0.5, 0.6) is 0 Å². The molecule has 2 rings (SSSR count). The molecule has 1 atom stereocenters. The minimum atomic E-state index is 0.0356. The Morgan fingerprint density at radius 2 is 2.17 bits per heavy atom. The Balaban J connectivity index is 1.99. The van der Waals surface area contributed by atoms with Gasteiger partial charge in [-0.3, -0.25) is 4.90 Å². The summed E-state index contributed by atoms with van der Waals surface area (Å²) >= 11 is 0. The lowest BCUT2D eigenvalue weighted by molar-refractivity contribution is -0.150. The highest BCUT2D eigenvalue weighted by atomic mass is 16.5. The van der Waals surface area contributed by atoms with Gasteiger partial charge in [0.15, 0.2) is 0 Å². The summed E-state index contributed by atoms with van der Waals surface area (Å²) in [6, 6.07) is 0.506. The van der Waals surface area contributed by atoms with Crippen molar-refractivity contribution in [3.63, 3.8) is 0 Å². The van der Waals surface area contributed by atoms with Crippen molar-refractivity contribution in [2.75, 3.05) is 32.9 Å². The molecule has 0 bridgehead atoms. The summed E-state index contributed by atoms with van der Waals surface area (Å²) < 4.78 is 11.1. The second-order valence-corrected chi connectivity index (χ2v) is 4.27. The third-order valence-corrected chi connectivity index (χ3v) is 2.60. The van der Waals surface area contributed by atoms with Gasteiger partial charge in [0.05, 0.1) is 31.5 Å². The Bertz CT molecular complexity index is 170. The standard InChI is InChI=1S/C9H17NO2/c1-9(2)7-10-3-4-11-5-8(10)6-12-9/h8H,3-7H2,1-2H3. The predicted molar refractivity (Wildman–Crippen MR) is 46.2 cm³/mol. The number of rotatable bonds is 0. The first-order chi connectivity index (χ1) is 5.67. The maximum atomic E-state index is 5.71. The fraction of sp³-hybridized carbons (Fsp3) is 1.00. The molecular weight excluding hydrogens is 154 g/mol. The molecule has 2 aliphatic rings. The fourth-order valence-electron chi connectivity index (χ4n) is 1.91. The van der Waals surface area contributed by atoms with Crippen LogP contribution in [0.2, 0.25) is 0 Å². The molecule has 0 aliphatic carbocycles. The van der Waals surface area contributed by atoms with Gasteiger partial charge in [-0.15, -0.1) is 0 Å². The van der Waals surface area contributed by atoms with Crippen LogP contribution in [0.4, 0.5) is 0 Å². The fourth-order valence-corrected chi connectivity index (χ4v) is 1.91. The van der Waals surface area contributed by atoms with Crippen LogP contribution >= 0.6 is 0 Å². The van der Waals surface area contributed by atoms with Gasteiger partial charge in [0.25, 0.3) is 0 Å². The van der Waals surface area contributed by atoms with Crippen LogP contribution in [0.25, 0.3) is 0 Å². The summed E-state index contributed by atoms with van der Waals surface area (Å²) in [7, 11) is 0. The van der Waals surface area contributed by atoms with Crippen LogP contribution in [0.1, 0.15) is 13.8 Å². The van der Waals surface area contributed by atoms with Crippen LogP contribution in [-0.2, 0) is 9.47 Å². The molecule has 12 heavy (non-hydrogen) atoms. The predicted octanol–water partition coefficient (Wildman–Crippen LogP) is 0.496. The summed E-state index contributed by atoms with van der Waals surface area (Å²) in [4.78, 5) is 2.48. The van der Waals surface area contributed by atoms with Crippen molar-refractivity contribution in [3.8, 4) is 0 Å². The maximum Gasteiger partial charge on any atom is 0.0753 e. The molecule has 2 aliphatic heterocycles. The number of ether oxygens (including phenoxy) is 2. The Kier molecular flexibility index (Phi) is 2.10. The zero-order chi connectivity index (χ0) is 8.60. The van der Waals surface area contributed by atoms with E-state index in [0.717, 1.165) is 32.9 Å². The van der Waals surface area contributed by atoms with E-state index in [0.29, 0.717) is 6.04 Å². The highest BCUT2D eigenvalue weighted by molar-refractivity contribution is 4.86. The topological polar surface area (TPSA) is 21.7 Å². The van der Waals surface area contributed by atoms with E-state index in [4.69, 9.17) is 9.47 Å². The number of fused-ring (bicyclic) bond motifs is 1. The van der Waals surface area contributed by atoms with Crippen LogP contribution in [0, 0.1) is 0 Å². The average Bonchev–Trinajstić information content (AvgIpc) is 2.02. The molecule has 2 fully saturated rings. The van der Waals surface area contributed by atoms with Gasteiger partial charge in [-0.05, 0) is 13.8 Å². The molecule has 2 saturated heterocycles. The minimum Gasteiger partial charge on any atom is -0.378 e. The lowest BCUT2D eigenvalue weighted by Crippen LogP contribution is -2.58. The highest BCUT2D eigenvalue weighted by Crippen LogP contribution is 2.22. The van der Waals surface area contributed by atoms with Gasteiger partial charge >= 0.3 is 0 Å². The Hall–Kier alpha value is -0.120. The minimum absolute atomic E-state index is 0.0356. The first kappa shape index (κ1) is 8.48. The third-order valence-electron chi connectivity index (χ3n) is 2.60. The number of hydrogen-bond acceptors (Lipinski definition) is 3. The molecule has 0 saturated carbocycles. The van der Waals surface area contributed by atoms with Gasteiger partial charge in [0, 0.05) is 13.1 Å². The normalized spacial score (nSPS) is 36.0. The van der Waals surface area contributed by atoms with Crippen LogP contribution in [0.3, 0.4) is 0 Å². The highest BCUT2D eigenvalue weighted by Gasteiger charge is 2.35. The van der Waals surface area contributed by atoms with Crippen molar-refractivity contribution in [2.24, 2.45) is 0 Å². The van der Waals surface area contributed by atoms with Gasteiger partial charge in [-0.1, -0.05) is 0 Å². The second-order valence-electron chi connectivity index (χ2n) is 4.27. The molecule has 0 spiro atoms. The van der Waals surface area contributed by atoms with Crippen molar-refractivity contribution < 1.29 is 9.47 Å². The molecule has 0 N–H and O–H groups in total. The summed E-state index contributed by atoms with van der Waals surface area (Å²) in [5, 5.41) is 0. The molecule has 0 radical (unpaired) electrons. The first-order valence-corrected chi connectivity index (χ1v) is 4.63. The van der Waals surface area contributed by atoms with E-state index in [1.165, 1.54) is 0 Å². The van der Waals surface area contributed by atoms with E-state index < -0.39 is 0 Å². The smallest absolute Gasteiger partial charge is 0.0753 e. The summed E-state index contributed by atoms with van der Waals surface area (Å²) in [5.74, 6) is 0. The van der Waals surface area contributed by atoms with E-state index in [9.17, 15) is 0 Å². The molecule has 70 valence electrons. The number of nitrogens with zero attached hydrogens (tertiary/aromatic N) is 1. The van der Waals surface area contributed by atoms with Crippen molar-refractivity contribution in [1.82, 2.24) is 4.90 Å². The quantitative estimate of drug-likeness (QED) is 0.529. The van der Waals surface area contributed by atoms with E-state index in [1.54, 1.807) is 0 Å². The summed E-state index contributed by atoms with van der Waals surface area (Å²) in [6.45, 7) is 8.96. The lowest BCUT2D eigenvalue weighted by Gasteiger charge is -2.45. The number of hydrogen-bond donors (Lipinski definition) is 0. The molecule has 0 amide bonds. The van der Waals surface area contributed by atoms with Gasteiger partial charge < -0.3 is 9.47 Å². The van der Waals surface area contributed by atoms with Crippen molar-refractivity contribution in [1.29, 1.82) is 0 Å². The van der Waals surface area contributed by atoms with Crippen LogP contribution < -0.4 is 0 Å². The van der Waals surface area contributed by atoms with Crippen molar-refractivity contribution >= 4 is 0 Å². The summed E-state index contributed by atoms with van der Waals surface area (Å²) in [6.07, 6.45) is 0. The molecule has 3 nitrogen and oxygen atoms in total. The van der Waals surface area contributed by atoms with Gasteiger partial charge in [-0.2, -0.15) is 0 Å². The Labute approximate surface area is 73.6 Å². The largest absolute Gasteiger partial charge is 0.378 e. The second kappa shape index (κ2) is 2.98. The molecular formula is C9H17NO2. The van der Waals surface area contributed by atoms with Gasteiger partial charge in [0.2, 0.25) is 0 Å². The first-order valence-electron chi connectivity index (χ1n) is 4.63. The van der Waals surface area contributed by atoms with Crippen LogP contribution in [0.15, 0.2) is 0 Å². The molecule has 1 unspecified atom stereocenters. The van der Waals surface area contributed by atoms with Gasteiger partial charge in [-0.25, -0.2) is 0 Å². The van der Waals surface area contributed by atoms with E-state index in [1.807, 2.05) is 0 Å². The SMILES string of the molecule is CC1(C)CN2CCOCC2CO1. The van der Waals surface area contributed by atoms with E-state index >= 15 is 0 Å². The average molecular weight is 171 g/mol. The van der Waals surface area contributed by atoms with Crippen molar-refractivity contribution in [3.05, 3.63) is 0 Å². The zero-order valence-electron chi connectivity index (χ0n) is 7.88. The molecule has 3 heteroatoms. The zero-order valence-corrected chi connectivity index (χ0v) is 7.88. The monoisotopic (exact) mass is 171 g/mol. The molecule has 0 aromatic heterocycles. The molecule has 0 aromatic carbocycles. The summed E-state index contributed by atoms with van der Waals surface area (Å²) in [5.41, 5.74) is 0.0356. The molecule has 0 aromatic rings. The van der Waals surface area contributed by atoms with E-state index in [2.05, 4.69) is 18.7 Å². The Morgan fingerprint density at radius 3 is 3.00 bits per heavy atom. The van der Waals surface area contributed by atoms with Gasteiger partial charge in [0.1, 0.15) is 0 Å². The third kappa shape index (κ3) is 1.63. The Morgan fingerprint density at radius 1 is 1.33 bits per heavy atom.